The first-order chi connectivity index (χ1) is 17.8. The van der Waals surface area contributed by atoms with E-state index in [1.165, 1.54) is 0 Å². The van der Waals surface area contributed by atoms with Crippen molar-refractivity contribution in [2.75, 3.05) is 26.2 Å². The van der Waals surface area contributed by atoms with Crippen LogP contribution in [0.1, 0.15) is 99.3 Å². The number of carbonyl (C=O) groups is 4. The van der Waals surface area contributed by atoms with Gasteiger partial charge in [-0.2, -0.15) is 0 Å². The zero-order chi connectivity index (χ0) is 28.7. The third kappa shape index (κ3) is 8.53. The number of carbonyl (C=O) groups excluding carboxylic acids is 4. The van der Waals surface area contributed by atoms with E-state index in [1.54, 1.807) is 19.6 Å². The summed E-state index contributed by atoms with van der Waals surface area (Å²) in [5, 5.41) is 0. The number of nitrogens with zero attached hydrogens (tertiary/aromatic N) is 4. The van der Waals surface area contributed by atoms with Gasteiger partial charge in [-0.3, -0.25) is 14.6 Å². The average molecular weight is 567 g/mol. The molecule has 0 N–H and O–H groups in total. The standard InChI is InChI=1S/C28H46N4O4S2/c1-7-29-19-23(37)31(25(29)35)22(32-24(38)20-30(8-2)26(32)36)18-28(5,6)15-13-21(34)12-10-9-11-14-27(3,4)16-17-33/h17,22H,7-16,18-20H2,1-6H3. The maximum atomic E-state index is 13.2. The Morgan fingerprint density at radius 2 is 1.37 bits per heavy atom. The summed E-state index contributed by atoms with van der Waals surface area (Å²) in [6.07, 6.45) is 6.88. The molecule has 0 unspecified atom stereocenters. The second-order valence-electron chi connectivity index (χ2n) is 12.1. The summed E-state index contributed by atoms with van der Waals surface area (Å²) in [5.41, 5.74) is -0.309. The molecular formula is C28H46N4O4S2. The lowest BCUT2D eigenvalue weighted by molar-refractivity contribution is -0.119. The molecule has 2 saturated heterocycles. The van der Waals surface area contributed by atoms with Gasteiger partial charge in [-0.25, -0.2) is 9.59 Å². The highest BCUT2D eigenvalue weighted by molar-refractivity contribution is 7.80. The van der Waals surface area contributed by atoms with Crippen molar-refractivity contribution in [1.29, 1.82) is 0 Å². The van der Waals surface area contributed by atoms with Crippen LogP contribution in [0, 0.1) is 10.8 Å². The highest BCUT2D eigenvalue weighted by Gasteiger charge is 2.47. The third-order valence-corrected chi connectivity index (χ3v) is 8.41. The lowest BCUT2D eigenvalue weighted by Crippen LogP contribution is -2.55. The molecular weight excluding hydrogens is 520 g/mol. The molecule has 0 aromatic heterocycles. The second-order valence-corrected chi connectivity index (χ2v) is 13.0. The summed E-state index contributed by atoms with van der Waals surface area (Å²) >= 11 is 11.2. The lowest BCUT2D eigenvalue weighted by atomic mass is 9.81. The number of amides is 4. The van der Waals surface area contributed by atoms with Crippen molar-refractivity contribution in [2.24, 2.45) is 10.8 Å². The average Bonchev–Trinajstić information content (AvgIpc) is 3.29. The van der Waals surface area contributed by atoms with Crippen LogP contribution in [-0.2, 0) is 9.59 Å². The van der Waals surface area contributed by atoms with Crippen LogP contribution in [0.4, 0.5) is 9.59 Å². The number of urea groups is 2. The molecule has 214 valence electrons. The van der Waals surface area contributed by atoms with E-state index >= 15 is 0 Å². The Balaban J connectivity index is 2.01. The predicted octanol–water partition coefficient (Wildman–Crippen LogP) is 5.81. The number of ketones is 1. The highest BCUT2D eigenvalue weighted by Crippen LogP contribution is 2.35. The molecule has 2 aliphatic heterocycles. The summed E-state index contributed by atoms with van der Waals surface area (Å²) in [4.78, 5) is 57.4. The van der Waals surface area contributed by atoms with E-state index < -0.39 is 6.17 Å². The van der Waals surface area contributed by atoms with Crippen LogP contribution >= 0.6 is 24.4 Å². The fraction of sp³-hybridized carbons (Fsp3) is 0.786. The van der Waals surface area contributed by atoms with Gasteiger partial charge in [0.15, 0.2) is 0 Å². The number of hydrogen-bond acceptors (Lipinski definition) is 6. The SMILES string of the molecule is CCN1CC(=S)N(C(CC(C)(C)CCC(=O)CCCCCC(C)(C)CC=O)N2C(=O)N(CC)CC2=S)C1=O. The minimum Gasteiger partial charge on any atom is -0.318 e. The van der Waals surface area contributed by atoms with Crippen LogP contribution in [0.3, 0.4) is 0 Å². The van der Waals surface area contributed by atoms with Crippen molar-refractivity contribution in [3.63, 3.8) is 0 Å². The number of thiocarbonyl (C=S) groups is 2. The van der Waals surface area contributed by atoms with Gasteiger partial charge in [0.25, 0.3) is 0 Å². The normalized spacial score (nSPS) is 17.0. The maximum absolute atomic E-state index is 13.2. The van der Waals surface area contributed by atoms with Crippen LogP contribution < -0.4 is 0 Å². The molecule has 0 spiro atoms. The molecule has 0 atom stereocenters. The van der Waals surface area contributed by atoms with Gasteiger partial charge in [-0.1, -0.05) is 65.0 Å². The van der Waals surface area contributed by atoms with Gasteiger partial charge >= 0.3 is 12.1 Å². The minimum absolute atomic E-state index is 0.0206. The zero-order valence-electron chi connectivity index (χ0n) is 24.1. The van der Waals surface area contributed by atoms with Crippen molar-refractivity contribution in [3.8, 4) is 0 Å². The van der Waals surface area contributed by atoms with Gasteiger partial charge in [0.05, 0.1) is 13.1 Å². The van der Waals surface area contributed by atoms with Crippen LogP contribution in [-0.4, -0.2) is 86.1 Å². The number of likely N-dealkylation sites (N-methyl/N-ethyl adjacent to an activating group) is 2. The predicted molar refractivity (Wildman–Crippen MR) is 158 cm³/mol. The molecule has 4 amide bonds. The second kappa shape index (κ2) is 13.9. The van der Waals surface area contributed by atoms with E-state index in [4.69, 9.17) is 24.4 Å². The first kappa shape index (κ1) is 32.3. The quantitative estimate of drug-likeness (QED) is 0.126. The van der Waals surface area contributed by atoms with E-state index in [1.807, 2.05) is 13.8 Å². The summed E-state index contributed by atoms with van der Waals surface area (Å²) in [5.74, 6) is 0.233. The van der Waals surface area contributed by atoms with Gasteiger partial charge in [0, 0.05) is 32.4 Å². The van der Waals surface area contributed by atoms with E-state index in [2.05, 4.69) is 27.7 Å². The van der Waals surface area contributed by atoms with Crippen molar-refractivity contribution >= 4 is 58.5 Å². The highest BCUT2D eigenvalue weighted by atomic mass is 32.1. The largest absolute Gasteiger partial charge is 0.327 e. The Morgan fingerprint density at radius 1 is 0.842 bits per heavy atom. The maximum Gasteiger partial charge on any atom is 0.327 e. The minimum atomic E-state index is -0.608. The van der Waals surface area contributed by atoms with Gasteiger partial charge in [0.1, 0.15) is 28.2 Å². The summed E-state index contributed by atoms with van der Waals surface area (Å²) < 4.78 is 0. The Morgan fingerprint density at radius 3 is 1.82 bits per heavy atom. The summed E-state index contributed by atoms with van der Waals surface area (Å²) in [7, 11) is 0. The topological polar surface area (TPSA) is 81.2 Å². The Hall–Kier alpha value is -1.94. The molecule has 0 saturated carbocycles. The van der Waals surface area contributed by atoms with E-state index in [0.717, 1.165) is 32.0 Å². The van der Waals surface area contributed by atoms with Gasteiger partial charge in [0.2, 0.25) is 0 Å². The van der Waals surface area contributed by atoms with E-state index in [0.29, 0.717) is 68.3 Å². The third-order valence-electron chi connectivity index (χ3n) is 7.76. The molecule has 10 heteroatoms. The Labute approximate surface area is 239 Å². The number of hydrogen-bond donors (Lipinski definition) is 0. The van der Waals surface area contributed by atoms with Crippen LogP contribution in [0.2, 0.25) is 0 Å². The smallest absolute Gasteiger partial charge is 0.318 e. The van der Waals surface area contributed by atoms with E-state index in [9.17, 15) is 19.2 Å². The van der Waals surface area contributed by atoms with Gasteiger partial charge < -0.3 is 14.6 Å². The number of rotatable bonds is 17. The Bertz CT molecular complexity index is 879. The van der Waals surface area contributed by atoms with Gasteiger partial charge in [-0.05, 0) is 50.4 Å². The van der Waals surface area contributed by atoms with Crippen molar-refractivity contribution in [1.82, 2.24) is 19.6 Å². The fourth-order valence-electron chi connectivity index (χ4n) is 5.14. The fourth-order valence-corrected chi connectivity index (χ4v) is 5.85. The number of unbranched alkanes of at least 4 members (excludes halogenated alkanes) is 2. The molecule has 0 bridgehead atoms. The number of Topliss-reactive ketones (excluding diaryl/α,β-unsaturated/α-hetero) is 1. The Kier molecular flexibility index (Phi) is 11.8. The molecule has 0 aliphatic carbocycles. The molecule has 0 aromatic rings. The molecule has 0 radical (unpaired) electrons. The summed E-state index contributed by atoms with van der Waals surface area (Å²) in [6, 6.07) is -0.396. The van der Waals surface area contributed by atoms with Crippen LogP contribution in [0.5, 0.6) is 0 Å². The van der Waals surface area contributed by atoms with Crippen LogP contribution in [0.15, 0.2) is 0 Å². The molecule has 8 nitrogen and oxygen atoms in total. The monoisotopic (exact) mass is 566 g/mol. The molecule has 0 aromatic carbocycles. The molecule has 2 fully saturated rings. The zero-order valence-corrected chi connectivity index (χ0v) is 25.7. The lowest BCUT2D eigenvalue weighted by Gasteiger charge is -2.39. The van der Waals surface area contributed by atoms with Crippen molar-refractivity contribution in [2.45, 2.75) is 105 Å². The molecule has 2 rings (SSSR count). The first-order valence-electron chi connectivity index (χ1n) is 13.9. The molecule has 2 heterocycles. The van der Waals surface area contributed by atoms with Gasteiger partial charge in [-0.15, -0.1) is 0 Å². The molecule has 2 aliphatic rings. The van der Waals surface area contributed by atoms with Crippen molar-refractivity contribution < 1.29 is 19.2 Å². The van der Waals surface area contributed by atoms with Crippen LogP contribution in [0.25, 0.3) is 0 Å². The first-order valence-corrected chi connectivity index (χ1v) is 14.8. The summed E-state index contributed by atoms with van der Waals surface area (Å²) in [6.45, 7) is 14.0. The number of aldehydes is 1. The van der Waals surface area contributed by atoms with Crippen molar-refractivity contribution in [3.05, 3.63) is 0 Å². The van der Waals surface area contributed by atoms with E-state index in [-0.39, 0.29) is 28.7 Å². The molecule has 38 heavy (non-hydrogen) atoms.